The number of carbonyl (C=O) groups excluding carboxylic acids is 2. The van der Waals surface area contributed by atoms with Gasteiger partial charge in [0.05, 0.1) is 38.2 Å². The van der Waals surface area contributed by atoms with Crippen LogP contribution >= 0.6 is 0 Å². The summed E-state index contributed by atoms with van der Waals surface area (Å²) in [4.78, 5) is 27.5. The summed E-state index contributed by atoms with van der Waals surface area (Å²) in [6, 6.07) is 13.1. The first-order valence-electron chi connectivity index (χ1n) is 10.00. The second kappa shape index (κ2) is 9.08. The van der Waals surface area contributed by atoms with E-state index < -0.39 is 5.97 Å². The molecule has 1 amide bonds. The molecule has 0 aliphatic carbocycles. The maximum Gasteiger partial charge on any atom is 0.340 e. The fourth-order valence-electron chi connectivity index (χ4n) is 3.60. The van der Waals surface area contributed by atoms with E-state index in [-0.39, 0.29) is 17.1 Å². The maximum absolute atomic E-state index is 13.4. The standard InChI is InChI=1S/C25H27NO5/c1-15(2)18-9-7-17(8-10-18)13-20-23(25(28)31-6)16(3)26(24(20)27)19-11-12-21(29-4)22(14-19)30-5/h7-15H,1-6H3/b20-13-. The molecule has 0 unspecified atom stereocenters. The van der Waals surface area contributed by atoms with E-state index in [4.69, 9.17) is 14.2 Å². The van der Waals surface area contributed by atoms with Crippen LogP contribution in [0.3, 0.4) is 0 Å². The molecule has 1 aliphatic rings. The van der Waals surface area contributed by atoms with Crippen molar-refractivity contribution in [2.24, 2.45) is 0 Å². The van der Waals surface area contributed by atoms with Crippen LogP contribution < -0.4 is 14.4 Å². The Hall–Kier alpha value is -3.54. The Morgan fingerprint density at radius 3 is 2.16 bits per heavy atom. The van der Waals surface area contributed by atoms with Gasteiger partial charge in [-0.15, -0.1) is 0 Å². The predicted molar refractivity (Wildman–Crippen MR) is 120 cm³/mol. The zero-order chi connectivity index (χ0) is 22.7. The van der Waals surface area contributed by atoms with Crippen LogP contribution in [0.5, 0.6) is 11.5 Å². The van der Waals surface area contributed by atoms with Crippen molar-refractivity contribution in [3.63, 3.8) is 0 Å². The molecule has 0 saturated carbocycles. The molecular formula is C25H27NO5. The zero-order valence-corrected chi connectivity index (χ0v) is 18.7. The van der Waals surface area contributed by atoms with Gasteiger partial charge < -0.3 is 14.2 Å². The highest BCUT2D eigenvalue weighted by atomic mass is 16.5. The van der Waals surface area contributed by atoms with Crippen LogP contribution in [0.4, 0.5) is 5.69 Å². The largest absolute Gasteiger partial charge is 0.493 e. The van der Waals surface area contributed by atoms with Crippen molar-refractivity contribution in [1.29, 1.82) is 0 Å². The third-order valence-corrected chi connectivity index (χ3v) is 5.33. The van der Waals surface area contributed by atoms with Gasteiger partial charge in [0.25, 0.3) is 5.91 Å². The quantitative estimate of drug-likeness (QED) is 0.499. The third-order valence-electron chi connectivity index (χ3n) is 5.33. The molecule has 0 bridgehead atoms. The molecule has 2 aromatic carbocycles. The molecule has 3 rings (SSSR count). The Labute approximate surface area is 182 Å². The number of rotatable bonds is 6. The molecule has 6 nitrogen and oxygen atoms in total. The van der Waals surface area contributed by atoms with Crippen LogP contribution in [0.15, 0.2) is 59.3 Å². The molecule has 2 aromatic rings. The fourth-order valence-corrected chi connectivity index (χ4v) is 3.60. The average molecular weight is 421 g/mol. The summed E-state index contributed by atoms with van der Waals surface area (Å²) in [5.41, 5.74) is 3.63. The Morgan fingerprint density at radius 1 is 0.968 bits per heavy atom. The monoisotopic (exact) mass is 421 g/mol. The number of methoxy groups -OCH3 is 3. The number of anilines is 1. The number of amides is 1. The van der Waals surface area contributed by atoms with Gasteiger partial charge in [-0.05, 0) is 42.2 Å². The van der Waals surface area contributed by atoms with Crippen LogP contribution in [-0.4, -0.2) is 33.2 Å². The lowest BCUT2D eigenvalue weighted by atomic mass is 9.99. The second-order valence-corrected chi connectivity index (χ2v) is 7.51. The van der Waals surface area contributed by atoms with Gasteiger partial charge in [0.1, 0.15) is 0 Å². The summed E-state index contributed by atoms with van der Waals surface area (Å²) < 4.78 is 15.6. The molecule has 6 heteroatoms. The number of hydrogen-bond acceptors (Lipinski definition) is 5. The van der Waals surface area contributed by atoms with Gasteiger partial charge in [-0.1, -0.05) is 38.1 Å². The van der Waals surface area contributed by atoms with Gasteiger partial charge in [0, 0.05) is 11.8 Å². The number of ether oxygens (including phenoxy) is 3. The highest BCUT2D eigenvalue weighted by Crippen LogP contribution is 2.39. The first kappa shape index (κ1) is 22.2. The molecular weight excluding hydrogens is 394 g/mol. The van der Waals surface area contributed by atoms with Crippen molar-refractivity contribution in [1.82, 2.24) is 0 Å². The van der Waals surface area contributed by atoms with Gasteiger partial charge >= 0.3 is 5.97 Å². The lowest BCUT2D eigenvalue weighted by Gasteiger charge is -2.19. The minimum atomic E-state index is -0.557. The molecule has 0 N–H and O–H groups in total. The van der Waals surface area contributed by atoms with Gasteiger partial charge in [-0.2, -0.15) is 0 Å². The molecule has 0 spiro atoms. The SMILES string of the molecule is COC(=O)C1=C(C)N(c2ccc(OC)c(OC)c2)C(=O)/C1=C\c1ccc(C(C)C)cc1. The van der Waals surface area contributed by atoms with E-state index in [1.165, 1.54) is 24.7 Å². The number of allylic oxidation sites excluding steroid dienone is 1. The van der Waals surface area contributed by atoms with Gasteiger partial charge in [-0.3, -0.25) is 9.69 Å². The van der Waals surface area contributed by atoms with Crippen molar-refractivity contribution in [3.8, 4) is 11.5 Å². The molecule has 0 atom stereocenters. The number of carbonyl (C=O) groups is 2. The van der Waals surface area contributed by atoms with E-state index >= 15 is 0 Å². The van der Waals surface area contributed by atoms with E-state index in [9.17, 15) is 9.59 Å². The van der Waals surface area contributed by atoms with E-state index in [1.807, 2.05) is 24.3 Å². The fraction of sp³-hybridized carbons (Fsp3) is 0.280. The minimum absolute atomic E-state index is 0.246. The summed E-state index contributed by atoms with van der Waals surface area (Å²) in [7, 11) is 4.38. The summed E-state index contributed by atoms with van der Waals surface area (Å²) in [5, 5.41) is 0. The molecule has 0 radical (unpaired) electrons. The van der Waals surface area contributed by atoms with Crippen LogP contribution in [0, 0.1) is 0 Å². The van der Waals surface area contributed by atoms with E-state index in [0.717, 1.165) is 5.56 Å². The summed E-state index contributed by atoms with van der Waals surface area (Å²) in [5.74, 6) is 0.579. The minimum Gasteiger partial charge on any atom is -0.493 e. The van der Waals surface area contributed by atoms with Crippen molar-refractivity contribution in [3.05, 3.63) is 70.4 Å². The number of hydrogen-bond donors (Lipinski definition) is 0. The second-order valence-electron chi connectivity index (χ2n) is 7.51. The van der Waals surface area contributed by atoms with Crippen molar-refractivity contribution < 1.29 is 23.8 Å². The van der Waals surface area contributed by atoms with Crippen molar-refractivity contribution >= 4 is 23.6 Å². The summed E-state index contributed by atoms with van der Waals surface area (Å²) in [6.45, 7) is 5.97. The Bertz CT molecular complexity index is 1060. The lowest BCUT2D eigenvalue weighted by Crippen LogP contribution is -2.24. The molecule has 1 heterocycles. The molecule has 162 valence electrons. The Morgan fingerprint density at radius 2 is 1.61 bits per heavy atom. The normalized spacial score (nSPS) is 15.1. The maximum atomic E-state index is 13.4. The number of nitrogens with zero attached hydrogens (tertiary/aromatic N) is 1. The number of esters is 1. The highest BCUT2D eigenvalue weighted by Gasteiger charge is 2.38. The van der Waals surface area contributed by atoms with Crippen LogP contribution in [0.1, 0.15) is 37.8 Å². The molecule has 0 saturated heterocycles. The lowest BCUT2D eigenvalue weighted by molar-refractivity contribution is -0.136. The predicted octanol–water partition coefficient (Wildman–Crippen LogP) is 4.70. The van der Waals surface area contributed by atoms with Crippen LogP contribution in [-0.2, 0) is 14.3 Å². The van der Waals surface area contributed by atoms with Crippen molar-refractivity contribution in [2.75, 3.05) is 26.2 Å². The van der Waals surface area contributed by atoms with E-state index in [1.54, 1.807) is 38.3 Å². The van der Waals surface area contributed by atoms with Gasteiger partial charge in [-0.25, -0.2) is 4.79 Å². The molecule has 0 fully saturated rings. The van der Waals surface area contributed by atoms with Gasteiger partial charge in [0.2, 0.25) is 0 Å². The summed E-state index contributed by atoms with van der Waals surface area (Å²) in [6.07, 6.45) is 1.73. The summed E-state index contributed by atoms with van der Waals surface area (Å²) >= 11 is 0. The first-order valence-corrected chi connectivity index (χ1v) is 10.00. The van der Waals surface area contributed by atoms with Gasteiger partial charge in [0.15, 0.2) is 11.5 Å². The topological polar surface area (TPSA) is 65.1 Å². The first-order chi connectivity index (χ1) is 14.8. The van der Waals surface area contributed by atoms with E-state index in [2.05, 4.69) is 13.8 Å². The highest BCUT2D eigenvalue weighted by molar-refractivity contribution is 6.23. The third kappa shape index (κ3) is 4.19. The smallest absolute Gasteiger partial charge is 0.340 e. The van der Waals surface area contributed by atoms with E-state index in [0.29, 0.717) is 28.8 Å². The average Bonchev–Trinajstić information content (AvgIpc) is 3.02. The van der Waals surface area contributed by atoms with Crippen molar-refractivity contribution in [2.45, 2.75) is 26.7 Å². The van der Waals surface area contributed by atoms with Crippen LogP contribution in [0.2, 0.25) is 0 Å². The molecule has 1 aliphatic heterocycles. The zero-order valence-electron chi connectivity index (χ0n) is 18.7. The van der Waals surface area contributed by atoms with Crippen LogP contribution in [0.25, 0.3) is 6.08 Å². The molecule has 31 heavy (non-hydrogen) atoms. The Kier molecular flexibility index (Phi) is 6.49. The Balaban J connectivity index is 2.09. The number of benzene rings is 2. The molecule has 0 aromatic heterocycles.